The lowest BCUT2D eigenvalue weighted by molar-refractivity contribution is 0.276. The summed E-state index contributed by atoms with van der Waals surface area (Å²) < 4.78 is 1.97. The summed E-state index contributed by atoms with van der Waals surface area (Å²) in [6, 6.07) is 8.81. The fraction of sp³-hybridized carbons (Fsp3) is 0.312. The Kier molecular flexibility index (Phi) is 3.59. The van der Waals surface area contributed by atoms with E-state index in [0.29, 0.717) is 5.92 Å². The molecule has 3 rings (SSSR count). The predicted octanol–water partition coefficient (Wildman–Crippen LogP) is 3.60. The second kappa shape index (κ2) is 5.38. The van der Waals surface area contributed by atoms with Crippen molar-refractivity contribution in [2.24, 2.45) is 0 Å². The second-order valence-corrected chi connectivity index (χ2v) is 6.42. The first kappa shape index (κ1) is 13.3. The van der Waals surface area contributed by atoms with Crippen LogP contribution in [0.5, 0.6) is 0 Å². The van der Waals surface area contributed by atoms with E-state index in [2.05, 4.69) is 49.3 Å². The molecule has 0 saturated carbocycles. The zero-order valence-corrected chi connectivity index (χ0v) is 12.5. The highest BCUT2D eigenvalue weighted by Gasteiger charge is 2.08. The van der Waals surface area contributed by atoms with Gasteiger partial charge in [-0.25, -0.2) is 4.98 Å². The highest BCUT2D eigenvalue weighted by molar-refractivity contribution is 7.17. The second-order valence-electron chi connectivity index (χ2n) is 5.33. The van der Waals surface area contributed by atoms with Gasteiger partial charge in [0, 0.05) is 17.5 Å². The lowest BCUT2D eigenvalue weighted by Crippen LogP contribution is -1.91. The van der Waals surface area contributed by atoms with E-state index in [1.807, 2.05) is 4.40 Å². The van der Waals surface area contributed by atoms with Crippen LogP contribution in [-0.2, 0) is 13.0 Å². The highest BCUT2D eigenvalue weighted by atomic mass is 32.1. The van der Waals surface area contributed by atoms with E-state index in [9.17, 15) is 5.11 Å². The molecular formula is C16H18N2OS. The van der Waals surface area contributed by atoms with E-state index in [0.717, 1.165) is 17.1 Å². The van der Waals surface area contributed by atoms with E-state index >= 15 is 0 Å². The number of aromatic nitrogens is 2. The van der Waals surface area contributed by atoms with Gasteiger partial charge in [0.25, 0.3) is 0 Å². The molecule has 0 amide bonds. The molecule has 4 heteroatoms. The van der Waals surface area contributed by atoms with Crippen LogP contribution in [0.4, 0.5) is 0 Å². The average Bonchev–Trinajstić information content (AvgIpc) is 2.98. The van der Waals surface area contributed by atoms with Crippen LogP contribution in [0.25, 0.3) is 4.96 Å². The largest absolute Gasteiger partial charge is 0.390 e. The van der Waals surface area contributed by atoms with Gasteiger partial charge in [-0.2, -0.15) is 0 Å². The number of hydrogen-bond acceptors (Lipinski definition) is 3. The maximum absolute atomic E-state index is 9.25. The summed E-state index contributed by atoms with van der Waals surface area (Å²) in [5.74, 6) is 0.571. The Hall–Kier alpha value is -1.65. The molecule has 2 heterocycles. The van der Waals surface area contributed by atoms with Gasteiger partial charge in [0.1, 0.15) is 0 Å². The zero-order valence-electron chi connectivity index (χ0n) is 11.7. The van der Waals surface area contributed by atoms with Crippen molar-refractivity contribution >= 4 is 16.3 Å². The van der Waals surface area contributed by atoms with Gasteiger partial charge in [-0.3, -0.25) is 4.40 Å². The molecular weight excluding hydrogens is 268 g/mol. The Morgan fingerprint density at radius 3 is 2.65 bits per heavy atom. The van der Waals surface area contributed by atoms with Crippen molar-refractivity contribution < 1.29 is 5.11 Å². The van der Waals surface area contributed by atoms with Crippen LogP contribution in [0.3, 0.4) is 0 Å². The molecule has 1 N–H and O–H groups in total. The summed E-state index contributed by atoms with van der Waals surface area (Å²) in [5.41, 5.74) is 3.53. The van der Waals surface area contributed by atoms with Gasteiger partial charge in [0.15, 0.2) is 4.96 Å². The van der Waals surface area contributed by atoms with Gasteiger partial charge >= 0.3 is 0 Å². The third kappa shape index (κ3) is 2.49. The van der Waals surface area contributed by atoms with Crippen LogP contribution in [0.1, 0.15) is 41.5 Å². The summed E-state index contributed by atoms with van der Waals surface area (Å²) in [7, 11) is 0. The molecule has 0 fully saturated rings. The van der Waals surface area contributed by atoms with Crippen molar-refractivity contribution in [3.63, 3.8) is 0 Å². The van der Waals surface area contributed by atoms with Crippen LogP contribution in [0.2, 0.25) is 0 Å². The van der Waals surface area contributed by atoms with E-state index in [1.54, 1.807) is 17.5 Å². The molecule has 1 aromatic carbocycles. The molecule has 0 bridgehead atoms. The lowest BCUT2D eigenvalue weighted by atomic mass is 10.0. The molecule has 0 aliphatic carbocycles. The van der Waals surface area contributed by atoms with Crippen molar-refractivity contribution in [3.8, 4) is 0 Å². The molecule has 3 nitrogen and oxygen atoms in total. The Morgan fingerprint density at radius 2 is 2.00 bits per heavy atom. The number of fused-ring (bicyclic) bond motifs is 1. The van der Waals surface area contributed by atoms with E-state index < -0.39 is 0 Å². The molecule has 0 radical (unpaired) electrons. The van der Waals surface area contributed by atoms with Crippen molar-refractivity contribution in [2.75, 3.05) is 0 Å². The number of rotatable bonds is 4. The maximum atomic E-state index is 9.25. The van der Waals surface area contributed by atoms with Crippen LogP contribution in [0.15, 0.2) is 36.7 Å². The number of aliphatic hydroxyl groups excluding tert-OH is 1. The predicted molar refractivity (Wildman–Crippen MR) is 82.3 cm³/mol. The fourth-order valence-electron chi connectivity index (χ4n) is 2.30. The molecule has 0 unspecified atom stereocenters. The smallest absolute Gasteiger partial charge is 0.194 e. The van der Waals surface area contributed by atoms with Crippen LogP contribution < -0.4 is 0 Å². The minimum Gasteiger partial charge on any atom is -0.390 e. The molecule has 0 atom stereocenters. The van der Waals surface area contributed by atoms with Crippen molar-refractivity contribution in [1.29, 1.82) is 0 Å². The minimum atomic E-state index is 0.0282. The Morgan fingerprint density at radius 1 is 1.25 bits per heavy atom. The van der Waals surface area contributed by atoms with Crippen LogP contribution >= 0.6 is 11.3 Å². The lowest BCUT2D eigenvalue weighted by Gasteiger charge is -2.06. The Balaban J connectivity index is 1.83. The summed E-state index contributed by atoms with van der Waals surface area (Å²) in [5, 5.41) is 9.25. The Labute approximate surface area is 122 Å². The SMILES string of the molecule is CC(C)c1ccc(Cc2cn3c(CO)cnc3s2)cc1. The molecule has 0 spiro atoms. The number of benzene rings is 1. The molecule has 20 heavy (non-hydrogen) atoms. The summed E-state index contributed by atoms with van der Waals surface area (Å²) >= 11 is 1.68. The topological polar surface area (TPSA) is 37.5 Å². The van der Waals surface area contributed by atoms with Gasteiger partial charge in [-0.1, -0.05) is 38.1 Å². The third-order valence-corrected chi connectivity index (χ3v) is 4.52. The summed E-state index contributed by atoms with van der Waals surface area (Å²) in [6.07, 6.45) is 4.72. The zero-order chi connectivity index (χ0) is 14.1. The molecule has 0 saturated heterocycles. The number of imidazole rings is 1. The number of hydrogen-bond donors (Lipinski definition) is 1. The van der Waals surface area contributed by atoms with Crippen molar-refractivity contribution in [2.45, 2.75) is 32.8 Å². The number of thiazole rings is 1. The monoisotopic (exact) mass is 286 g/mol. The molecule has 3 aromatic rings. The van der Waals surface area contributed by atoms with Gasteiger partial charge in [-0.05, 0) is 17.0 Å². The van der Waals surface area contributed by atoms with Gasteiger partial charge in [0.2, 0.25) is 0 Å². The average molecular weight is 286 g/mol. The first-order valence-electron chi connectivity index (χ1n) is 6.81. The first-order chi connectivity index (χ1) is 9.67. The van der Waals surface area contributed by atoms with E-state index in [1.165, 1.54) is 16.0 Å². The van der Waals surface area contributed by atoms with Gasteiger partial charge in [-0.15, -0.1) is 11.3 Å². The number of aliphatic hydroxyl groups is 1. The van der Waals surface area contributed by atoms with E-state index in [-0.39, 0.29) is 6.61 Å². The van der Waals surface area contributed by atoms with Gasteiger partial charge in [0.05, 0.1) is 18.5 Å². The van der Waals surface area contributed by atoms with Crippen LogP contribution in [0, 0.1) is 0 Å². The molecule has 0 aliphatic heterocycles. The quantitative estimate of drug-likeness (QED) is 0.795. The normalized spacial score (nSPS) is 11.6. The molecule has 0 aliphatic rings. The number of nitrogens with zero attached hydrogens (tertiary/aromatic N) is 2. The molecule has 2 aromatic heterocycles. The van der Waals surface area contributed by atoms with Crippen molar-refractivity contribution in [1.82, 2.24) is 9.38 Å². The minimum absolute atomic E-state index is 0.0282. The standard InChI is InChI=1S/C16H18N2OS/c1-11(2)13-5-3-12(4-6-13)7-15-9-18-14(10-19)8-17-16(18)20-15/h3-6,8-9,11,19H,7,10H2,1-2H3. The van der Waals surface area contributed by atoms with Crippen LogP contribution in [-0.4, -0.2) is 14.5 Å². The van der Waals surface area contributed by atoms with E-state index in [4.69, 9.17) is 0 Å². The Bertz CT molecular complexity index is 710. The summed E-state index contributed by atoms with van der Waals surface area (Å²) in [4.78, 5) is 6.52. The molecule has 104 valence electrons. The third-order valence-electron chi connectivity index (χ3n) is 3.52. The highest BCUT2D eigenvalue weighted by Crippen LogP contribution is 2.23. The fourth-order valence-corrected chi connectivity index (χ4v) is 3.30. The first-order valence-corrected chi connectivity index (χ1v) is 7.63. The summed E-state index contributed by atoms with van der Waals surface area (Å²) in [6.45, 7) is 4.44. The maximum Gasteiger partial charge on any atom is 0.194 e. The van der Waals surface area contributed by atoms with Crippen molar-refractivity contribution in [3.05, 3.63) is 58.4 Å². The van der Waals surface area contributed by atoms with Gasteiger partial charge < -0.3 is 5.11 Å².